The summed E-state index contributed by atoms with van der Waals surface area (Å²) in [6, 6.07) is 10.7. The lowest BCUT2D eigenvalue weighted by Gasteiger charge is -2.30. The fourth-order valence-electron chi connectivity index (χ4n) is 2.66. The summed E-state index contributed by atoms with van der Waals surface area (Å²) in [6.45, 7) is 11.8. The van der Waals surface area contributed by atoms with Crippen LogP contribution in [-0.2, 0) is 15.3 Å². The summed E-state index contributed by atoms with van der Waals surface area (Å²) >= 11 is 0. The highest BCUT2D eigenvalue weighted by Crippen LogP contribution is 2.23. The van der Waals surface area contributed by atoms with Crippen molar-refractivity contribution in [2.75, 3.05) is 13.2 Å². The Balaban J connectivity index is 2.56. The molecule has 0 aliphatic carbocycles. The minimum atomic E-state index is -1.98. The molecule has 21 heavy (non-hydrogen) atoms. The zero-order chi connectivity index (χ0) is 15.6. The first kappa shape index (κ1) is 18.1. The number of rotatable bonds is 11. The SMILES string of the molecule is C=Cc1ccc(CCO[Si](CCC)(CCC)OCC)cc1. The van der Waals surface area contributed by atoms with Crippen molar-refractivity contribution in [3.8, 4) is 0 Å². The fourth-order valence-corrected chi connectivity index (χ4v) is 6.09. The number of benzene rings is 1. The lowest BCUT2D eigenvalue weighted by Crippen LogP contribution is -2.42. The molecule has 0 atom stereocenters. The third-order valence-electron chi connectivity index (χ3n) is 3.64. The second-order valence-corrected chi connectivity index (χ2v) is 8.79. The molecule has 2 nitrogen and oxygen atoms in total. The average molecular weight is 307 g/mol. The van der Waals surface area contributed by atoms with Crippen LogP contribution >= 0.6 is 0 Å². The molecule has 0 fully saturated rings. The van der Waals surface area contributed by atoms with Gasteiger partial charge in [0.15, 0.2) is 0 Å². The fraction of sp³-hybridized carbons (Fsp3) is 0.556. The predicted octanol–water partition coefficient (Wildman–Crippen LogP) is 5.19. The van der Waals surface area contributed by atoms with E-state index in [1.807, 2.05) is 6.08 Å². The van der Waals surface area contributed by atoms with Crippen molar-refractivity contribution in [2.45, 2.75) is 52.1 Å². The molecular formula is C18H30O2Si. The highest BCUT2D eigenvalue weighted by Gasteiger charge is 2.35. The Bertz CT molecular complexity index is 383. The van der Waals surface area contributed by atoms with E-state index in [0.717, 1.165) is 50.1 Å². The van der Waals surface area contributed by atoms with Crippen molar-refractivity contribution in [1.29, 1.82) is 0 Å². The van der Waals surface area contributed by atoms with Crippen molar-refractivity contribution >= 4 is 14.6 Å². The van der Waals surface area contributed by atoms with Crippen molar-refractivity contribution < 1.29 is 8.85 Å². The molecule has 1 aromatic carbocycles. The van der Waals surface area contributed by atoms with Gasteiger partial charge in [-0.2, -0.15) is 0 Å². The van der Waals surface area contributed by atoms with Crippen LogP contribution in [0.5, 0.6) is 0 Å². The van der Waals surface area contributed by atoms with E-state index < -0.39 is 8.56 Å². The van der Waals surface area contributed by atoms with Crippen LogP contribution in [-0.4, -0.2) is 21.8 Å². The van der Waals surface area contributed by atoms with E-state index in [2.05, 4.69) is 51.6 Å². The summed E-state index contributed by atoms with van der Waals surface area (Å²) in [7, 11) is -1.98. The largest absolute Gasteiger partial charge is 0.394 e. The summed E-state index contributed by atoms with van der Waals surface area (Å²) < 4.78 is 12.4. The van der Waals surface area contributed by atoms with Gasteiger partial charge in [0.1, 0.15) is 0 Å². The lowest BCUT2D eigenvalue weighted by atomic mass is 10.1. The van der Waals surface area contributed by atoms with Gasteiger partial charge in [0.25, 0.3) is 0 Å². The molecule has 0 saturated heterocycles. The monoisotopic (exact) mass is 306 g/mol. The van der Waals surface area contributed by atoms with Gasteiger partial charge in [-0.3, -0.25) is 0 Å². The van der Waals surface area contributed by atoms with Gasteiger partial charge < -0.3 is 8.85 Å². The van der Waals surface area contributed by atoms with E-state index in [-0.39, 0.29) is 0 Å². The van der Waals surface area contributed by atoms with Crippen LogP contribution in [0.4, 0.5) is 0 Å². The highest BCUT2D eigenvalue weighted by molar-refractivity contribution is 6.67. The normalized spacial score (nSPS) is 11.6. The maximum Gasteiger partial charge on any atom is 0.338 e. The van der Waals surface area contributed by atoms with Crippen molar-refractivity contribution in [1.82, 2.24) is 0 Å². The Kier molecular flexibility index (Phi) is 8.58. The number of hydrogen-bond acceptors (Lipinski definition) is 2. The van der Waals surface area contributed by atoms with E-state index in [0.29, 0.717) is 0 Å². The first-order valence-electron chi connectivity index (χ1n) is 8.19. The quantitative estimate of drug-likeness (QED) is 0.524. The molecule has 1 rings (SSSR count). The van der Waals surface area contributed by atoms with E-state index in [9.17, 15) is 0 Å². The molecule has 0 aliphatic heterocycles. The third kappa shape index (κ3) is 6.16. The topological polar surface area (TPSA) is 18.5 Å². The molecular weight excluding hydrogens is 276 g/mol. The summed E-state index contributed by atoms with van der Waals surface area (Å²) in [5.41, 5.74) is 2.47. The third-order valence-corrected chi connectivity index (χ3v) is 7.71. The molecule has 0 aromatic heterocycles. The number of hydrogen-bond donors (Lipinski definition) is 0. The highest BCUT2D eigenvalue weighted by atomic mass is 28.4. The average Bonchev–Trinajstić information content (AvgIpc) is 2.49. The van der Waals surface area contributed by atoms with Crippen molar-refractivity contribution in [2.24, 2.45) is 0 Å². The second-order valence-electron chi connectivity index (χ2n) is 5.39. The van der Waals surface area contributed by atoms with Crippen LogP contribution in [0.3, 0.4) is 0 Å². The van der Waals surface area contributed by atoms with Gasteiger partial charge in [-0.25, -0.2) is 0 Å². The molecule has 0 saturated carbocycles. The van der Waals surface area contributed by atoms with E-state index in [1.165, 1.54) is 5.56 Å². The van der Waals surface area contributed by atoms with Crippen LogP contribution in [0.2, 0.25) is 12.1 Å². The van der Waals surface area contributed by atoms with Crippen molar-refractivity contribution in [3.63, 3.8) is 0 Å². The Morgan fingerprint density at radius 2 is 1.62 bits per heavy atom. The molecule has 0 bridgehead atoms. The molecule has 0 aliphatic rings. The van der Waals surface area contributed by atoms with E-state index in [4.69, 9.17) is 8.85 Å². The minimum Gasteiger partial charge on any atom is -0.394 e. The van der Waals surface area contributed by atoms with Crippen LogP contribution in [0.1, 0.15) is 44.7 Å². The Labute approximate surface area is 131 Å². The van der Waals surface area contributed by atoms with Crippen LogP contribution in [0.25, 0.3) is 6.08 Å². The van der Waals surface area contributed by atoms with E-state index in [1.54, 1.807) is 0 Å². The summed E-state index contributed by atoms with van der Waals surface area (Å²) in [5.74, 6) is 0. The molecule has 3 heteroatoms. The van der Waals surface area contributed by atoms with Gasteiger partial charge in [-0.15, -0.1) is 0 Å². The summed E-state index contributed by atoms with van der Waals surface area (Å²) in [5, 5.41) is 0. The Morgan fingerprint density at radius 1 is 1.00 bits per heavy atom. The maximum atomic E-state index is 6.31. The second kappa shape index (κ2) is 9.93. The predicted molar refractivity (Wildman–Crippen MR) is 93.8 cm³/mol. The molecule has 0 amide bonds. The van der Waals surface area contributed by atoms with Gasteiger partial charge >= 0.3 is 8.56 Å². The van der Waals surface area contributed by atoms with Crippen molar-refractivity contribution in [3.05, 3.63) is 42.0 Å². The Morgan fingerprint density at radius 3 is 2.10 bits per heavy atom. The van der Waals surface area contributed by atoms with Gasteiger partial charge in [0, 0.05) is 13.2 Å². The zero-order valence-electron chi connectivity index (χ0n) is 13.9. The van der Waals surface area contributed by atoms with Gasteiger partial charge in [0.2, 0.25) is 0 Å². The Hall–Kier alpha value is -0.903. The molecule has 0 spiro atoms. The van der Waals surface area contributed by atoms with Gasteiger partial charge in [-0.1, -0.05) is 63.6 Å². The molecule has 0 N–H and O–H groups in total. The summed E-state index contributed by atoms with van der Waals surface area (Å²) in [4.78, 5) is 0. The molecule has 0 unspecified atom stereocenters. The standard InChI is InChI=1S/C18H30O2Si/c1-5-15-21(16-6-2,19-8-4)20-14-13-18-11-9-17(7-3)10-12-18/h7,9-12H,3,5-6,8,13-16H2,1-2,4H3. The zero-order valence-corrected chi connectivity index (χ0v) is 14.9. The summed E-state index contributed by atoms with van der Waals surface area (Å²) in [6.07, 6.45) is 5.10. The first-order valence-corrected chi connectivity index (χ1v) is 10.4. The van der Waals surface area contributed by atoms with Crippen LogP contribution < -0.4 is 0 Å². The van der Waals surface area contributed by atoms with Gasteiger partial charge in [0.05, 0.1) is 0 Å². The van der Waals surface area contributed by atoms with Crippen LogP contribution in [0, 0.1) is 0 Å². The van der Waals surface area contributed by atoms with Gasteiger partial charge in [-0.05, 0) is 36.6 Å². The lowest BCUT2D eigenvalue weighted by molar-refractivity contribution is 0.175. The molecule has 0 heterocycles. The first-order chi connectivity index (χ1) is 10.2. The maximum absolute atomic E-state index is 6.31. The van der Waals surface area contributed by atoms with Crippen LogP contribution in [0.15, 0.2) is 30.8 Å². The molecule has 0 radical (unpaired) electrons. The molecule has 118 valence electrons. The van der Waals surface area contributed by atoms with E-state index >= 15 is 0 Å². The smallest absolute Gasteiger partial charge is 0.338 e. The molecule has 1 aromatic rings. The minimum absolute atomic E-state index is 0.764.